The Bertz CT molecular complexity index is 428. The molecule has 19 heavy (non-hydrogen) atoms. The van der Waals surface area contributed by atoms with Gasteiger partial charge in [0.15, 0.2) is 0 Å². The third-order valence-electron chi connectivity index (χ3n) is 2.95. The summed E-state index contributed by atoms with van der Waals surface area (Å²) in [5, 5.41) is 11.1. The van der Waals surface area contributed by atoms with E-state index in [0.717, 1.165) is 10.9 Å². The van der Waals surface area contributed by atoms with Gasteiger partial charge in [-0.15, -0.1) is 24.0 Å². The van der Waals surface area contributed by atoms with E-state index < -0.39 is 6.08 Å². The molecule has 0 heterocycles. The Balaban J connectivity index is 0.00000324. The van der Waals surface area contributed by atoms with Gasteiger partial charge in [-0.2, -0.15) is 0 Å². The second-order valence-corrected chi connectivity index (χ2v) is 5.20. The molecule has 0 N–H and O–H groups in total. The Kier molecular flexibility index (Phi) is 7.36. The molecule has 1 aromatic rings. The topological polar surface area (TPSA) is 44.6 Å². The molecule has 108 valence electrons. The molecule has 0 aromatic heterocycles. The number of nitrogens with zero attached hydrogens (tertiary/aromatic N) is 2. The maximum Gasteiger partial charge on any atom is 0.149 e. The minimum absolute atomic E-state index is 0. The van der Waals surface area contributed by atoms with Gasteiger partial charge < -0.3 is 14.3 Å². The SMILES string of the molecule is CCC(c1cccc(OC([O-])=NC)c1)[N+](C)(C)C.I. The summed E-state index contributed by atoms with van der Waals surface area (Å²) in [7, 11) is 7.91. The maximum atomic E-state index is 11.1. The molecule has 1 atom stereocenters. The number of ether oxygens (including phenoxy) is 1. The van der Waals surface area contributed by atoms with E-state index in [2.05, 4.69) is 39.1 Å². The molecule has 5 heteroatoms. The standard InChI is InChI=1S/C14H22N2O2.HI/c1-6-13(16(3,4)5)11-8-7-9-12(10-11)18-14(17)15-2;/h7-10,13H,6H2,1-5H3;1H. The molecular weight excluding hydrogens is 355 g/mol. The maximum absolute atomic E-state index is 11.1. The third-order valence-corrected chi connectivity index (χ3v) is 2.95. The summed E-state index contributed by atoms with van der Waals surface area (Å²) in [4.78, 5) is 3.46. The summed E-state index contributed by atoms with van der Waals surface area (Å²) in [6.07, 6.45) is 0.462. The van der Waals surface area contributed by atoms with Crippen LogP contribution in [0.4, 0.5) is 0 Å². The van der Waals surface area contributed by atoms with Crippen LogP contribution in [0.15, 0.2) is 29.3 Å². The number of rotatable bonds is 4. The molecule has 1 rings (SSSR count). The third kappa shape index (κ3) is 5.36. The van der Waals surface area contributed by atoms with Gasteiger partial charge in [0.25, 0.3) is 0 Å². The minimum Gasteiger partial charge on any atom is -0.567 e. The van der Waals surface area contributed by atoms with Crippen molar-refractivity contribution >= 4 is 30.1 Å². The van der Waals surface area contributed by atoms with Gasteiger partial charge in [0.1, 0.15) is 12.1 Å². The van der Waals surface area contributed by atoms with Crippen molar-refractivity contribution in [2.24, 2.45) is 4.99 Å². The van der Waals surface area contributed by atoms with Crippen LogP contribution in [-0.2, 0) is 0 Å². The van der Waals surface area contributed by atoms with Crippen LogP contribution < -0.4 is 9.84 Å². The van der Waals surface area contributed by atoms with Crippen LogP contribution in [-0.4, -0.2) is 38.8 Å². The fourth-order valence-corrected chi connectivity index (χ4v) is 2.16. The van der Waals surface area contributed by atoms with Crippen LogP contribution >= 0.6 is 24.0 Å². The van der Waals surface area contributed by atoms with E-state index in [1.54, 1.807) is 6.07 Å². The molecule has 0 aliphatic carbocycles. The van der Waals surface area contributed by atoms with Crippen LogP contribution in [0, 0.1) is 0 Å². The number of quaternary nitrogens is 1. The molecule has 1 unspecified atom stereocenters. The molecule has 0 aliphatic heterocycles. The van der Waals surface area contributed by atoms with Gasteiger partial charge >= 0.3 is 0 Å². The van der Waals surface area contributed by atoms with Crippen molar-refractivity contribution in [2.75, 3.05) is 28.2 Å². The number of hydrogen-bond acceptors (Lipinski definition) is 3. The monoisotopic (exact) mass is 378 g/mol. The summed E-state index contributed by atoms with van der Waals surface area (Å²) < 4.78 is 5.94. The first-order valence-electron chi connectivity index (χ1n) is 6.11. The zero-order valence-corrected chi connectivity index (χ0v) is 14.5. The van der Waals surface area contributed by atoms with Crippen molar-refractivity contribution in [3.63, 3.8) is 0 Å². The quantitative estimate of drug-likeness (QED) is 0.349. The van der Waals surface area contributed by atoms with E-state index >= 15 is 0 Å². The first-order valence-corrected chi connectivity index (χ1v) is 6.11. The Hall–Kier alpha value is -0.820. The lowest BCUT2D eigenvalue weighted by atomic mass is 10.0. The van der Waals surface area contributed by atoms with Gasteiger partial charge in [0.05, 0.1) is 21.1 Å². The average Bonchev–Trinajstić information content (AvgIpc) is 2.28. The molecule has 0 fully saturated rings. The fraction of sp³-hybridized carbons (Fsp3) is 0.500. The molecule has 1 aromatic carbocycles. The lowest BCUT2D eigenvalue weighted by molar-refractivity contribution is -0.902. The van der Waals surface area contributed by atoms with Crippen LogP contribution in [0.5, 0.6) is 5.75 Å². The first-order chi connectivity index (χ1) is 8.38. The van der Waals surface area contributed by atoms with E-state index in [1.807, 2.05) is 12.1 Å². The Morgan fingerprint density at radius 1 is 1.37 bits per heavy atom. The number of benzene rings is 1. The van der Waals surface area contributed by atoms with Gasteiger partial charge in [-0.1, -0.05) is 19.1 Å². The number of halogens is 1. The smallest absolute Gasteiger partial charge is 0.149 e. The first kappa shape index (κ1) is 18.2. The summed E-state index contributed by atoms with van der Waals surface area (Å²) >= 11 is 0. The fourth-order valence-electron chi connectivity index (χ4n) is 2.16. The molecule has 0 amide bonds. The Labute approximate surface area is 132 Å². The normalized spacial score (nSPS) is 13.6. The molecule has 0 aliphatic rings. The molecule has 0 saturated heterocycles. The average molecular weight is 378 g/mol. The number of aliphatic imine (C=N–C) groups is 1. The minimum atomic E-state index is -0.564. The second-order valence-electron chi connectivity index (χ2n) is 5.20. The summed E-state index contributed by atoms with van der Waals surface area (Å²) in [5.74, 6) is 0.551. The summed E-state index contributed by atoms with van der Waals surface area (Å²) in [5.41, 5.74) is 1.17. The van der Waals surface area contributed by atoms with Crippen molar-refractivity contribution in [3.8, 4) is 5.75 Å². The van der Waals surface area contributed by atoms with Gasteiger partial charge in [-0.05, 0) is 12.1 Å². The lowest BCUT2D eigenvalue weighted by Crippen LogP contribution is -2.38. The Morgan fingerprint density at radius 2 is 2.00 bits per heavy atom. The highest BCUT2D eigenvalue weighted by Gasteiger charge is 2.23. The van der Waals surface area contributed by atoms with Crippen molar-refractivity contribution < 1.29 is 14.3 Å². The second kappa shape index (κ2) is 7.69. The van der Waals surface area contributed by atoms with E-state index in [9.17, 15) is 5.11 Å². The van der Waals surface area contributed by atoms with Gasteiger partial charge in [0.2, 0.25) is 0 Å². The zero-order valence-electron chi connectivity index (χ0n) is 12.2. The lowest BCUT2D eigenvalue weighted by Gasteiger charge is -2.34. The van der Waals surface area contributed by atoms with Gasteiger partial charge in [0, 0.05) is 24.8 Å². The molecule has 0 spiro atoms. The van der Waals surface area contributed by atoms with Gasteiger partial charge in [-0.3, -0.25) is 4.99 Å². The highest BCUT2D eigenvalue weighted by molar-refractivity contribution is 14.0. The van der Waals surface area contributed by atoms with Crippen LogP contribution in [0.2, 0.25) is 0 Å². The predicted molar refractivity (Wildman–Crippen MR) is 86.9 cm³/mol. The van der Waals surface area contributed by atoms with Crippen molar-refractivity contribution in [2.45, 2.75) is 19.4 Å². The van der Waals surface area contributed by atoms with E-state index in [0.29, 0.717) is 11.8 Å². The zero-order chi connectivity index (χ0) is 13.8. The molecule has 0 saturated carbocycles. The van der Waals surface area contributed by atoms with E-state index in [4.69, 9.17) is 4.74 Å². The largest absolute Gasteiger partial charge is 0.567 e. The molecule has 4 nitrogen and oxygen atoms in total. The summed E-state index contributed by atoms with van der Waals surface area (Å²) in [6, 6.07) is 8.04. The van der Waals surface area contributed by atoms with Crippen molar-refractivity contribution in [1.29, 1.82) is 0 Å². The molecular formula is C14H23IN2O2. The van der Waals surface area contributed by atoms with E-state index in [-0.39, 0.29) is 24.0 Å². The van der Waals surface area contributed by atoms with Crippen molar-refractivity contribution in [1.82, 2.24) is 0 Å². The van der Waals surface area contributed by atoms with E-state index in [1.165, 1.54) is 12.6 Å². The van der Waals surface area contributed by atoms with Crippen LogP contribution in [0.3, 0.4) is 0 Å². The van der Waals surface area contributed by atoms with Gasteiger partial charge in [-0.25, -0.2) is 0 Å². The highest BCUT2D eigenvalue weighted by atomic mass is 127. The molecule has 0 bridgehead atoms. The van der Waals surface area contributed by atoms with Crippen LogP contribution in [0.1, 0.15) is 24.9 Å². The Morgan fingerprint density at radius 3 is 2.47 bits per heavy atom. The molecule has 0 radical (unpaired) electrons. The number of hydrogen-bond donors (Lipinski definition) is 0. The summed E-state index contributed by atoms with van der Waals surface area (Å²) in [6.45, 7) is 2.16. The van der Waals surface area contributed by atoms with Crippen LogP contribution in [0.25, 0.3) is 0 Å². The van der Waals surface area contributed by atoms with Crippen molar-refractivity contribution in [3.05, 3.63) is 29.8 Å². The predicted octanol–water partition coefficient (Wildman–Crippen LogP) is 2.19. The highest BCUT2D eigenvalue weighted by Crippen LogP contribution is 2.28.